The van der Waals surface area contributed by atoms with Gasteiger partial charge in [0.1, 0.15) is 22.3 Å². The van der Waals surface area contributed by atoms with E-state index in [1.165, 1.54) is 10.8 Å². The van der Waals surface area contributed by atoms with Crippen LogP contribution in [0.5, 0.6) is 0 Å². The molecule has 0 aliphatic carbocycles. The van der Waals surface area contributed by atoms with Gasteiger partial charge in [-0.15, -0.1) is 0 Å². The van der Waals surface area contributed by atoms with Gasteiger partial charge in [-0.2, -0.15) is 0 Å². The lowest BCUT2D eigenvalue weighted by molar-refractivity contribution is 0.668. The fourth-order valence-corrected chi connectivity index (χ4v) is 9.13. The minimum absolute atomic E-state index is 0.552. The number of nitrogens with zero attached hydrogens (tertiary/aromatic N) is 4. The van der Waals surface area contributed by atoms with E-state index in [1.807, 2.05) is 48.5 Å². The van der Waals surface area contributed by atoms with Gasteiger partial charge in [0.25, 0.3) is 0 Å². The topological polar surface area (TPSA) is 69.9 Å². The Bertz CT molecular complexity index is 3900. The molecule has 0 N–H and O–H groups in total. The third-order valence-electron chi connectivity index (χ3n) is 12.0. The molecule has 0 spiro atoms. The monoisotopic (exact) mass is 780 g/mol. The summed E-state index contributed by atoms with van der Waals surface area (Å²) in [5, 5.41) is 8.75. The van der Waals surface area contributed by atoms with Crippen molar-refractivity contribution in [3.8, 4) is 51.0 Å². The normalized spacial score (nSPS) is 11.9. The van der Waals surface area contributed by atoms with Gasteiger partial charge in [-0.3, -0.25) is 0 Å². The average Bonchev–Trinajstić information content (AvgIpc) is 3.99. The van der Waals surface area contributed by atoms with Crippen molar-refractivity contribution in [3.05, 3.63) is 194 Å². The fraction of sp³-hybridized carbons (Fsp3) is 0. The molecule has 13 rings (SSSR count). The van der Waals surface area contributed by atoms with Crippen molar-refractivity contribution in [2.45, 2.75) is 0 Å². The summed E-state index contributed by atoms with van der Waals surface area (Å²) < 4.78 is 15.2. The summed E-state index contributed by atoms with van der Waals surface area (Å²) in [6, 6.07) is 67.5. The maximum atomic E-state index is 6.61. The highest BCUT2D eigenvalue weighted by atomic mass is 16.3. The van der Waals surface area contributed by atoms with Crippen molar-refractivity contribution >= 4 is 76.5 Å². The third kappa shape index (κ3) is 5.32. The molecule has 0 fully saturated rings. The van der Waals surface area contributed by atoms with Crippen molar-refractivity contribution in [1.82, 2.24) is 19.5 Å². The van der Waals surface area contributed by atoms with Gasteiger partial charge in [0.05, 0.1) is 16.7 Å². The molecule has 6 nitrogen and oxygen atoms in total. The molecule has 9 aromatic carbocycles. The summed E-state index contributed by atoms with van der Waals surface area (Å²) in [5.41, 5.74) is 11.1. The highest BCUT2D eigenvalue weighted by Crippen LogP contribution is 2.42. The first-order valence-corrected chi connectivity index (χ1v) is 20.4. The van der Waals surface area contributed by atoms with E-state index in [0.29, 0.717) is 17.5 Å². The van der Waals surface area contributed by atoms with Crippen LogP contribution in [-0.4, -0.2) is 19.5 Å². The van der Waals surface area contributed by atoms with Gasteiger partial charge in [-0.1, -0.05) is 127 Å². The Morgan fingerprint density at radius 1 is 0.311 bits per heavy atom. The maximum absolute atomic E-state index is 6.61. The molecule has 13 aromatic rings. The maximum Gasteiger partial charge on any atom is 0.166 e. The molecule has 4 heterocycles. The zero-order valence-corrected chi connectivity index (χ0v) is 32.6. The van der Waals surface area contributed by atoms with Gasteiger partial charge in [-0.25, -0.2) is 15.0 Å². The van der Waals surface area contributed by atoms with E-state index in [0.717, 1.165) is 99.2 Å². The molecule has 0 atom stereocenters. The second kappa shape index (κ2) is 13.1. The molecule has 0 aliphatic heterocycles. The number of hydrogen-bond donors (Lipinski definition) is 0. The van der Waals surface area contributed by atoms with E-state index < -0.39 is 0 Å². The molecule has 4 aromatic heterocycles. The van der Waals surface area contributed by atoms with Crippen molar-refractivity contribution in [1.29, 1.82) is 0 Å². The van der Waals surface area contributed by atoms with E-state index in [-0.39, 0.29) is 0 Å². The summed E-state index contributed by atoms with van der Waals surface area (Å²) >= 11 is 0. The molecule has 0 bridgehead atoms. The van der Waals surface area contributed by atoms with Crippen LogP contribution >= 0.6 is 0 Å². The molecule has 0 amide bonds. The first kappa shape index (κ1) is 33.6. The van der Waals surface area contributed by atoms with Crippen LogP contribution in [0.15, 0.2) is 203 Å². The Hall–Kier alpha value is -8.35. The number of rotatable bonds is 5. The van der Waals surface area contributed by atoms with Gasteiger partial charge in [-0.05, 0) is 82.6 Å². The molecule has 284 valence electrons. The standard InChI is InChI=1S/C55H32N4O2/c1-2-13-33(14-3-1)34-17-12-18-37(27-34)53-56-54(38-25-26-51-43(29-38)40-20-7-10-23-49(40)60-51)58-55(57-53)45-31-44-41-21-8-11-24-50(41)61-52(44)32-48(45)59-46-22-9-6-19-39(46)42-28-35-15-4-5-16-36(35)30-47(42)59/h1-32H. The fourth-order valence-electron chi connectivity index (χ4n) is 9.13. The highest BCUT2D eigenvalue weighted by molar-refractivity contribution is 6.15. The lowest BCUT2D eigenvalue weighted by Crippen LogP contribution is -2.04. The Balaban J connectivity index is 1.13. The Morgan fingerprint density at radius 2 is 0.885 bits per heavy atom. The molecule has 0 aliphatic rings. The van der Waals surface area contributed by atoms with Crippen molar-refractivity contribution in [2.24, 2.45) is 0 Å². The van der Waals surface area contributed by atoms with Crippen LogP contribution < -0.4 is 0 Å². The summed E-state index contributed by atoms with van der Waals surface area (Å²) in [7, 11) is 0. The summed E-state index contributed by atoms with van der Waals surface area (Å²) in [6.45, 7) is 0. The van der Waals surface area contributed by atoms with Gasteiger partial charge in [0, 0.05) is 55.1 Å². The van der Waals surface area contributed by atoms with Gasteiger partial charge in [0.2, 0.25) is 0 Å². The SMILES string of the molecule is c1ccc(-c2cccc(-c3nc(-c4ccc5oc6ccccc6c5c4)nc(-c4cc5c(cc4-n4c6ccccc6c6cc7ccccc7cc64)oc4ccccc45)n3)c2)cc1. The predicted octanol–water partition coefficient (Wildman–Crippen LogP) is 14.6. The van der Waals surface area contributed by atoms with Crippen LogP contribution in [0.2, 0.25) is 0 Å². The smallest absolute Gasteiger partial charge is 0.166 e. The predicted molar refractivity (Wildman–Crippen MR) is 248 cm³/mol. The Labute approximate surface area is 348 Å². The van der Waals surface area contributed by atoms with Gasteiger partial charge >= 0.3 is 0 Å². The zero-order valence-electron chi connectivity index (χ0n) is 32.6. The first-order valence-electron chi connectivity index (χ1n) is 20.4. The van der Waals surface area contributed by atoms with Crippen LogP contribution in [-0.2, 0) is 0 Å². The number of fused-ring (bicyclic) bond motifs is 10. The summed E-state index contributed by atoms with van der Waals surface area (Å²) in [4.78, 5) is 16.1. The molecule has 0 unspecified atom stereocenters. The van der Waals surface area contributed by atoms with Crippen LogP contribution in [0.3, 0.4) is 0 Å². The van der Waals surface area contributed by atoms with E-state index >= 15 is 0 Å². The quantitative estimate of drug-likeness (QED) is 0.174. The van der Waals surface area contributed by atoms with Gasteiger partial charge in [0.15, 0.2) is 17.5 Å². The van der Waals surface area contributed by atoms with Crippen molar-refractivity contribution in [2.75, 3.05) is 0 Å². The molecule has 0 saturated carbocycles. The lowest BCUT2D eigenvalue weighted by atomic mass is 10.0. The minimum atomic E-state index is 0.552. The van der Waals surface area contributed by atoms with E-state index in [2.05, 4.69) is 150 Å². The second-order valence-corrected chi connectivity index (χ2v) is 15.6. The number of hydrogen-bond acceptors (Lipinski definition) is 5. The highest BCUT2D eigenvalue weighted by Gasteiger charge is 2.23. The summed E-state index contributed by atoms with van der Waals surface area (Å²) in [6.07, 6.45) is 0. The first-order chi connectivity index (χ1) is 30.2. The molecular formula is C55H32N4O2. The Morgan fingerprint density at radius 3 is 1.67 bits per heavy atom. The number of aromatic nitrogens is 4. The molecule has 0 radical (unpaired) electrons. The lowest BCUT2D eigenvalue weighted by Gasteiger charge is -2.15. The molecule has 6 heteroatoms. The molecule has 0 saturated heterocycles. The van der Waals surface area contributed by atoms with Crippen LogP contribution in [0, 0.1) is 0 Å². The van der Waals surface area contributed by atoms with E-state index in [9.17, 15) is 0 Å². The largest absolute Gasteiger partial charge is 0.456 e. The third-order valence-corrected chi connectivity index (χ3v) is 12.0. The van der Waals surface area contributed by atoms with Crippen molar-refractivity contribution < 1.29 is 8.83 Å². The average molecular weight is 781 g/mol. The molecular weight excluding hydrogens is 749 g/mol. The summed E-state index contributed by atoms with van der Waals surface area (Å²) in [5.74, 6) is 1.69. The van der Waals surface area contributed by atoms with E-state index in [4.69, 9.17) is 23.8 Å². The van der Waals surface area contributed by atoms with E-state index in [1.54, 1.807) is 0 Å². The molecule has 61 heavy (non-hydrogen) atoms. The second-order valence-electron chi connectivity index (χ2n) is 15.6. The Kier molecular flexibility index (Phi) is 7.21. The minimum Gasteiger partial charge on any atom is -0.456 e. The van der Waals surface area contributed by atoms with Crippen LogP contribution in [0.4, 0.5) is 0 Å². The van der Waals surface area contributed by atoms with Crippen LogP contribution in [0.1, 0.15) is 0 Å². The van der Waals surface area contributed by atoms with Gasteiger partial charge < -0.3 is 13.4 Å². The number of benzene rings is 9. The zero-order chi connectivity index (χ0) is 40.0. The number of furan rings is 2. The van der Waals surface area contributed by atoms with Crippen LogP contribution in [0.25, 0.3) is 127 Å². The van der Waals surface area contributed by atoms with Crippen molar-refractivity contribution in [3.63, 3.8) is 0 Å². The number of para-hydroxylation sites is 3.